The van der Waals surface area contributed by atoms with E-state index in [4.69, 9.17) is 0 Å². The minimum absolute atomic E-state index is 0.0499. The van der Waals surface area contributed by atoms with Gasteiger partial charge in [0.2, 0.25) is 5.91 Å². The molecule has 1 fully saturated rings. The molecule has 0 aromatic heterocycles. The monoisotopic (exact) mass is 288 g/mol. The van der Waals surface area contributed by atoms with E-state index in [2.05, 4.69) is 62.6 Å². The second-order valence-corrected chi connectivity index (χ2v) is 6.87. The maximum Gasteiger partial charge on any atom is 0.226 e. The van der Waals surface area contributed by atoms with Crippen molar-refractivity contribution < 1.29 is 4.79 Å². The van der Waals surface area contributed by atoms with Crippen LogP contribution in [0.25, 0.3) is 0 Å². The van der Waals surface area contributed by atoms with Crippen LogP contribution in [0.15, 0.2) is 24.3 Å². The first-order valence-corrected chi connectivity index (χ1v) is 7.99. The Kier molecular flexibility index (Phi) is 5.04. The van der Waals surface area contributed by atoms with E-state index < -0.39 is 0 Å². The Morgan fingerprint density at radius 1 is 1.33 bits per heavy atom. The van der Waals surface area contributed by atoms with Crippen molar-refractivity contribution in [3.8, 4) is 0 Å². The van der Waals surface area contributed by atoms with Crippen molar-refractivity contribution in [1.29, 1.82) is 0 Å². The Hall–Kier alpha value is -1.35. The topological polar surface area (TPSA) is 41.1 Å². The minimum Gasteiger partial charge on any atom is -0.349 e. The van der Waals surface area contributed by atoms with Gasteiger partial charge in [-0.25, -0.2) is 0 Å². The summed E-state index contributed by atoms with van der Waals surface area (Å²) in [5.74, 6) is 0.570. The predicted octanol–water partition coefficient (Wildman–Crippen LogP) is 3.20. The number of benzene rings is 1. The van der Waals surface area contributed by atoms with Crippen LogP contribution in [-0.2, 0) is 4.79 Å². The molecule has 2 N–H and O–H groups in total. The Balaban J connectivity index is 2.00. The molecule has 0 spiro atoms. The molecular weight excluding hydrogens is 260 g/mol. The molecule has 2 rings (SSSR count). The largest absolute Gasteiger partial charge is 0.349 e. The summed E-state index contributed by atoms with van der Waals surface area (Å²) in [5, 5.41) is 6.59. The van der Waals surface area contributed by atoms with Gasteiger partial charge >= 0.3 is 0 Å². The van der Waals surface area contributed by atoms with Gasteiger partial charge in [-0.1, -0.05) is 43.7 Å². The van der Waals surface area contributed by atoms with E-state index in [0.29, 0.717) is 5.92 Å². The Morgan fingerprint density at radius 3 is 2.57 bits per heavy atom. The summed E-state index contributed by atoms with van der Waals surface area (Å²) in [7, 11) is 0. The highest BCUT2D eigenvalue weighted by Crippen LogP contribution is 2.32. The summed E-state index contributed by atoms with van der Waals surface area (Å²) in [6, 6.07) is 8.42. The lowest BCUT2D eigenvalue weighted by Crippen LogP contribution is -2.47. The standard InChI is InChI=1S/C18H28N2O/c1-13-7-9-15(10-8-13)14(2)20-17(21)18(3,4)16-6-5-11-19-12-16/h7-10,14,16,19H,5-6,11-12H2,1-4H3,(H,20,21)/t14-,16?/m1/s1. The number of hydrogen-bond acceptors (Lipinski definition) is 2. The zero-order valence-corrected chi connectivity index (χ0v) is 13.7. The first-order chi connectivity index (χ1) is 9.91. The van der Waals surface area contributed by atoms with Gasteiger partial charge in [0, 0.05) is 5.41 Å². The highest BCUT2D eigenvalue weighted by molar-refractivity contribution is 5.82. The van der Waals surface area contributed by atoms with Gasteiger partial charge in [0.05, 0.1) is 6.04 Å². The van der Waals surface area contributed by atoms with Gasteiger partial charge in [-0.15, -0.1) is 0 Å². The molecule has 1 aromatic rings. The zero-order chi connectivity index (χ0) is 15.5. The van der Waals surface area contributed by atoms with Gasteiger partial charge in [-0.05, 0) is 51.3 Å². The van der Waals surface area contributed by atoms with Crippen molar-refractivity contribution in [2.75, 3.05) is 13.1 Å². The molecular formula is C18H28N2O. The minimum atomic E-state index is -0.327. The summed E-state index contributed by atoms with van der Waals surface area (Å²) in [6.45, 7) is 10.3. The molecule has 1 amide bonds. The normalized spacial score (nSPS) is 20.9. The van der Waals surface area contributed by atoms with Crippen molar-refractivity contribution in [3.05, 3.63) is 35.4 Å². The molecule has 0 radical (unpaired) electrons. The molecule has 1 unspecified atom stereocenters. The molecule has 1 heterocycles. The highest BCUT2D eigenvalue weighted by atomic mass is 16.2. The Bertz CT molecular complexity index is 472. The van der Waals surface area contributed by atoms with Gasteiger partial charge in [0.15, 0.2) is 0 Å². The fourth-order valence-corrected chi connectivity index (χ4v) is 2.97. The molecule has 1 aromatic carbocycles. The molecule has 3 nitrogen and oxygen atoms in total. The molecule has 1 aliphatic heterocycles. The number of carbonyl (C=O) groups is 1. The molecule has 21 heavy (non-hydrogen) atoms. The molecule has 2 atom stereocenters. The number of aryl methyl sites for hydroxylation is 1. The smallest absolute Gasteiger partial charge is 0.226 e. The molecule has 1 saturated heterocycles. The third-order valence-electron chi connectivity index (χ3n) is 4.83. The lowest BCUT2D eigenvalue weighted by atomic mass is 9.74. The van der Waals surface area contributed by atoms with Gasteiger partial charge in [0.25, 0.3) is 0 Å². The molecule has 0 aliphatic carbocycles. The van der Waals surface area contributed by atoms with E-state index in [0.717, 1.165) is 31.5 Å². The van der Waals surface area contributed by atoms with Gasteiger partial charge in [-0.2, -0.15) is 0 Å². The molecule has 1 aliphatic rings. The lowest BCUT2D eigenvalue weighted by molar-refractivity contribution is -0.133. The van der Waals surface area contributed by atoms with E-state index in [1.807, 2.05) is 0 Å². The van der Waals surface area contributed by atoms with E-state index in [1.54, 1.807) is 0 Å². The number of rotatable bonds is 4. The van der Waals surface area contributed by atoms with Gasteiger partial charge in [0.1, 0.15) is 0 Å². The Labute approximate surface area is 128 Å². The van der Waals surface area contributed by atoms with Crippen LogP contribution in [0.1, 0.15) is 50.8 Å². The number of piperidine rings is 1. The Morgan fingerprint density at radius 2 is 2.00 bits per heavy atom. The maximum absolute atomic E-state index is 12.7. The SMILES string of the molecule is Cc1ccc([C@@H](C)NC(=O)C(C)(C)C2CCCNC2)cc1. The average molecular weight is 288 g/mol. The fraction of sp³-hybridized carbons (Fsp3) is 0.611. The van der Waals surface area contributed by atoms with Gasteiger partial charge in [-0.3, -0.25) is 4.79 Å². The summed E-state index contributed by atoms with van der Waals surface area (Å²) in [4.78, 5) is 12.7. The predicted molar refractivity (Wildman–Crippen MR) is 87.1 cm³/mol. The number of hydrogen-bond donors (Lipinski definition) is 2. The van der Waals surface area contributed by atoms with E-state index in [9.17, 15) is 4.79 Å². The van der Waals surface area contributed by atoms with Crippen molar-refractivity contribution in [2.45, 2.75) is 46.6 Å². The van der Waals surface area contributed by atoms with Crippen LogP contribution >= 0.6 is 0 Å². The highest BCUT2D eigenvalue weighted by Gasteiger charge is 2.37. The van der Waals surface area contributed by atoms with E-state index in [-0.39, 0.29) is 17.4 Å². The number of carbonyl (C=O) groups excluding carboxylic acids is 1. The number of amides is 1. The quantitative estimate of drug-likeness (QED) is 0.893. The fourth-order valence-electron chi connectivity index (χ4n) is 2.97. The van der Waals surface area contributed by atoms with Crippen molar-refractivity contribution >= 4 is 5.91 Å². The van der Waals surface area contributed by atoms with Crippen LogP contribution in [-0.4, -0.2) is 19.0 Å². The third kappa shape index (κ3) is 3.85. The lowest BCUT2D eigenvalue weighted by Gasteiger charge is -2.36. The van der Waals surface area contributed by atoms with Gasteiger partial charge < -0.3 is 10.6 Å². The van der Waals surface area contributed by atoms with Crippen molar-refractivity contribution in [2.24, 2.45) is 11.3 Å². The zero-order valence-electron chi connectivity index (χ0n) is 13.7. The third-order valence-corrected chi connectivity index (χ3v) is 4.83. The van der Waals surface area contributed by atoms with E-state index >= 15 is 0 Å². The second-order valence-electron chi connectivity index (χ2n) is 6.87. The molecule has 3 heteroatoms. The summed E-state index contributed by atoms with van der Waals surface area (Å²) in [6.07, 6.45) is 2.29. The first-order valence-electron chi connectivity index (χ1n) is 7.99. The first kappa shape index (κ1) is 16.0. The van der Waals surface area contributed by atoms with Crippen LogP contribution in [0.5, 0.6) is 0 Å². The van der Waals surface area contributed by atoms with Crippen molar-refractivity contribution in [1.82, 2.24) is 10.6 Å². The summed E-state index contributed by atoms with van der Waals surface area (Å²) < 4.78 is 0. The average Bonchev–Trinajstić information content (AvgIpc) is 2.48. The molecule has 0 bridgehead atoms. The van der Waals surface area contributed by atoms with Crippen LogP contribution in [0.3, 0.4) is 0 Å². The molecule has 116 valence electrons. The maximum atomic E-state index is 12.7. The summed E-state index contributed by atoms with van der Waals surface area (Å²) >= 11 is 0. The summed E-state index contributed by atoms with van der Waals surface area (Å²) in [5.41, 5.74) is 2.07. The van der Waals surface area contributed by atoms with Crippen LogP contribution in [0, 0.1) is 18.3 Å². The van der Waals surface area contributed by atoms with Crippen LogP contribution in [0.4, 0.5) is 0 Å². The number of nitrogens with one attached hydrogen (secondary N) is 2. The van der Waals surface area contributed by atoms with E-state index in [1.165, 1.54) is 5.56 Å². The second kappa shape index (κ2) is 6.61. The molecule has 0 saturated carbocycles. The van der Waals surface area contributed by atoms with Crippen molar-refractivity contribution in [3.63, 3.8) is 0 Å². The van der Waals surface area contributed by atoms with Crippen LogP contribution in [0.2, 0.25) is 0 Å². The van der Waals surface area contributed by atoms with Crippen LogP contribution < -0.4 is 10.6 Å².